The van der Waals surface area contributed by atoms with Gasteiger partial charge in [0.05, 0.1) is 0 Å². The molecule has 3 N–H and O–H groups in total. The van der Waals surface area contributed by atoms with Gasteiger partial charge in [0, 0.05) is 30.4 Å². The number of hydrogen-bond acceptors (Lipinski definition) is 3. The van der Waals surface area contributed by atoms with Gasteiger partial charge in [0.25, 0.3) is 5.56 Å². The molecule has 0 aliphatic heterocycles. The lowest BCUT2D eigenvalue weighted by molar-refractivity contribution is -0.122. The molecule has 1 rings (SSSR count). The summed E-state index contributed by atoms with van der Waals surface area (Å²) in [7, 11) is 0. The first kappa shape index (κ1) is 12.8. The molecule has 17 heavy (non-hydrogen) atoms. The van der Waals surface area contributed by atoms with Crippen molar-refractivity contribution < 1.29 is 4.79 Å². The number of nitrogen functional groups attached to an aromatic ring is 1. The van der Waals surface area contributed by atoms with Gasteiger partial charge in [-0.1, -0.05) is 0 Å². The molecule has 0 radical (unpaired) electrons. The van der Waals surface area contributed by atoms with Gasteiger partial charge in [-0.25, -0.2) is 0 Å². The van der Waals surface area contributed by atoms with E-state index in [0.717, 1.165) is 0 Å². The number of nitrogens with one attached hydrogen (secondary N) is 1. The number of hydrogen-bond donors (Lipinski definition) is 2. The first-order valence-electron chi connectivity index (χ1n) is 5.21. The van der Waals surface area contributed by atoms with Crippen molar-refractivity contribution in [3.05, 3.63) is 28.7 Å². The van der Waals surface area contributed by atoms with Crippen LogP contribution in [-0.2, 0) is 11.3 Å². The van der Waals surface area contributed by atoms with E-state index in [2.05, 4.69) is 11.2 Å². The van der Waals surface area contributed by atoms with Crippen molar-refractivity contribution in [1.29, 1.82) is 0 Å². The second-order valence-corrected chi connectivity index (χ2v) is 3.81. The highest BCUT2D eigenvalue weighted by molar-refractivity contribution is 5.76. The molecule has 1 heterocycles. The van der Waals surface area contributed by atoms with Crippen molar-refractivity contribution in [3.8, 4) is 12.3 Å². The zero-order valence-corrected chi connectivity index (χ0v) is 9.64. The Morgan fingerprint density at radius 2 is 2.35 bits per heavy atom. The van der Waals surface area contributed by atoms with Crippen LogP contribution in [0.5, 0.6) is 0 Å². The molecular formula is C12H15N3O2. The molecule has 5 heteroatoms. The lowest BCUT2D eigenvalue weighted by atomic mass is 10.2. The Kier molecular flexibility index (Phi) is 4.35. The molecule has 1 aromatic heterocycles. The number of carbonyl (C=O) groups is 1. The van der Waals surface area contributed by atoms with E-state index in [4.69, 9.17) is 12.2 Å². The number of pyridine rings is 1. The van der Waals surface area contributed by atoms with Crippen molar-refractivity contribution in [2.45, 2.75) is 25.9 Å². The fourth-order valence-electron chi connectivity index (χ4n) is 1.38. The third-order valence-electron chi connectivity index (χ3n) is 2.15. The Labute approximate surface area is 99.6 Å². The van der Waals surface area contributed by atoms with Gasteiger partial charge in [0.1, 0.15) is 6.54 Å². The maximum atomic E-state index is 11.6. The first-order chi connectivity index (χ1) is 8.02. The molecule has 1 atom stereocenters. The molecule has 5 nitrogen and oxygen atoms in total. The summed E-state index contributed by atoms with van der Waals surface area (Å²) in [6, 6.07) is 2.72. The molecule has 0 aliphatic rings. The Morgan fingerprint density at radius 3 is 3.00 bits per heavy atom. The molecule has 0 bridgehead atoms. The van der Waals surface area contributed by atoms with E-state index in [9.17, 15) is 9.59 Å². The lowest BCUT2D eigenvalue weighted by Gasteiger charge is -2.12. The van der Waals surface area contributed by atoms with E-state index in [0.29, 0.717) is 12.1 Å². The van der Waals surface area contributed by atoms with Gasteiger partial charge < -0.3 is 15.6 Å². The molecule has 1 unspecified atom stereocenters. The van der Waals surface area contributed by atoms with Crippen molar-refractivity contribution in [3.63, 3.8) is 0 Å². The second kappa shape index (κ2) is 5.75. The number of anilines is 1. The van der Waals surface area contributed by atoms with E-state index in [1.165, 1.54) is 22.9 Å². The number of carbonyl (C=O) groups excluding carboxylic acids is 1. The minimum atomic E-state index is -0.265. The first-order valence-corrected chi connectivity index (χ1v) is 5.21. The standard InChI is InChI=1S/C12H15N3O2/c1-3-4-9(2)14-11(16)8-15-7-10(13)5-6-12(15)17/h1,5-7,9H,4,8,13H2,2H3,(H,14,16). The third kappa shape index (κ3) is 4.03. The summed E-state index contributed by atoms with van der Waals surface area (Å²) in [5.74, 6) is 2.19. The highest BCUT2D eigenvalue weighted by Gasteiger charge is 2.07. The molecule has 0 spiro atoms. The summed E-state index contributed by atoms with van der Waals surface area (Å²) in [5, 5.41) is 2.69. The summed E-state index contributed by atoms with van der Waals surface area (Å²) in [4.78, 5) is 23.0. The van der Waals surface area contributed by atoms with Crippen LogP contribution in [0.1, 0.15) is 13.3 Å². The smallest absolute Gasteiger partial charge is 0.251 e. The van der Waals surface area contributed by atoms with Crippen LogP contribution >= 0.6 is 0 Å². The molecule has 0 aliphatic carbocycles. The van der Waals surface area contributed by atoms with Crippen LogP contribution in [0, 0.1) is 12.3 Å². The highest BCUT2D eigenvalue weighted by atomic mass is 16.2. The van der Waals surface area contributed by atoms with Gasteiger partial charge in [-0.15, -0.1) is 12.3 Å². The number of rotatable bonds is 4. The molecule has 1 amide bonds. The van der Waals surface area contributed by atoms with Gasteiger partial charge in [-0.3, -0.25) is 9.59 Å². The van der Waals surface area contributed by atoms with E-state index in [1.54, 1.807) is 6.92 Å². The Balaban J connectivity index is 2.66. The van der Waals surface area contributed by atoms with E-state index >= 15 is 0 Å². The highest BCUT2D eigenvalue weighted by Crippen LogP contribution is 1.96. The Morgan fingerprint density at radius 1 is 1.65 bits per heavy atom. The number of aromatic nitrogens is 1. The van der Waals surface area contributed by atoms with Crippen LogP contribution in [0.2, 0.25) is 0 Å². The van der Waals surface area contributed by atoms with Crippen LogP contribution < -0.4 is 16.6 Å². The SMILES string of the molecule is C#CCC(C)NC(=O)Cn1cc(N)ccc1=O. The average Bonchev–Trinajstić information content (AvgIpc) is 2.23. The third-order valence-corrected chi connectivity index (χ3v) is 2.15. The summed E-state index contributed by atoms with van der Waals surface area (Å²) in [6.07, 6.45) is 7.02. The maximum Gasteiger partial charge on any atom is 0.251 e. The zero-order chi connectivity index (χ0) is 12.8. The molecule has 0 saturated heterocycles. The predicted octanol–water partition coefficient (Wildman–Crippen LogP) is -0.0415. The molecule has 0 aromatic carbocycles. The quantitative estimate of drug-likeness (QED) is 0.716. The zero-order valence-electron chi connectivity index (χ0n) is 9.64. The molecule has 90 valence electrons. The monoisotopic (exact) mass is 233 g/mol. The van der Waals surface area contributed by atoms with Crippen molar-refractivity contribution in [2.24, 2.45) is 0 Å². The fourth-order valence-corrected chi connectivity index (χ4v) is 1.38. The van der Waals surface area contributed by atoms with E-state index in [-0.39, 0.29) is 24.1 Å². The fraction of sp³-hybridized carbons (Fsp3) is 0.333. The van der Waals surface area contributed by atoms with Gasteiger partial charge in [-0.05, 0) is 13.0 Å². The number of nitrogens with two attached hydrogens (primary N) is 1. The van der Waals surface area contributed by atoms with Crippen LogP contribution in [0.25, 0.3) is 0 Å². The van der Waals surface area contributed by atoms with Crippen molar-refractivity contribution >= 4 is 11.6 Å². The Hall–Kier alpha value is -2.22. The molecular weight excluding hydrogens is 218 g/mol. The Bertz CT molecular complexity index is 499. The largest absolute Gasteiger partial charge is 0.398 e. The average molecular weight is 233 g/mol. The van der Waals surface area contributed by atoms with E-state index < -0.39 is 0 Å². The van der Waals surface area contributed by atoms with E-state index in [1.807, 2.05) is 0 Å². The minimum absolute atomic E-state index is 0.0568. The van der Waals surface area contributed by atoms with Crippen molar-refractivity contribution in [2.75, 3.05) is 5.73 Å². The van der Waals surface area contributed by atoms with Crippen LogP contribution in [0.15, 0.2) is 23.1 Å². The van der Waals surface area contributed by atoms with Crippen molar-refractivity contribution in [1.82, 2.24) is 9.88 Å². The summed E-state index contributed by atoms with van der Waals surface area (Å²) < 4.78 is 1.26. The normalized spacial score (nSPS) is 11.5. The number of amides is 1. The summed E-state index contributed by atoms with van der Waals surface area (Å²) in [5.41, 5.74) is 5.71. The van der Waals surface area contributed by atoms with Gasteiger partial charge >= 0.3 is 0 Å². The number of terminal acetylenes is 1. The molecule has 0 saturated carbocycles. The summed E-state index contributed by atoms with van der Waals surface area (Å²) >= 11 is 0. The van der Waals surface area contributed by atoms with Crippen LogP contribution in [0.3, 0.4) is 0 Å². The molecule has 1 aromatic rings. The van der Waals surface area contributed by atoms with Gasteiger partial charge in [0.15, 0.2) is 0 Å². The minimum Gasteiger partial charge on any atom is -0.398 e. The van der Waals surface area contributed by atoms with Crippen LogP contribution in [-0.4, -0.2) is 16.5 Å². The van der Waals surface area contributed by atoms with Gasteiger partial charge in [-0.2, -0.15) is 0 Å². The second-order valence-electron chi connectivity index (χ2n) is 3.81. The lowest BCUT2D eigenvalue weighted by Crippen LogP contribution is -2.37. The van der Waals surface area contributed by atoms with Crippen LogP contribution in [0.4, 0.5) is 5.69 Å². The topological polar surface area (TPSA) is 77.1 Å². The predicted molar refractivity (Wildman–Crippen MR) is 66.2 cm³/mol. The number of nitrogens with zero attached hydrogens (tertiary/aromatic N) is 1. The molecule has 0 fully saturated rings. The van der Waals surface area contributed by atoms with Gasteiger partial charge in [0.2, 0.25) is 5.91 Å². The maximum absolute atomic E-state index is 11.6. The summed E-state index contributed by atoms with van der Waals surface area (Å²) in [6.45, 7) is 1.75.